The lowest BCUT2D eigenvalue weighted by Crippen LogP contribution is -2.37. The summed E-state index contributed by atoms with van der Waals surface area (Å²) < 4.78 is 15.6. The van der Waals surface area contributed by atoms with Gasteiger partial charge in [-0.15, -0.1) is 0 Å². The number of halogens is 1. The highest BCUT2D eigenvalue weighted by molar-refractivity contribution is 8.00. The minimum absolute atomic E-state index is 0.0290. The maximum Gasteiger partial charge on any atom is 0.332 e. The van der Waals surface area contributed by atoms with Crippen LogP contribution in [-0.2, 0) is 18.9 Å². The summed E-state index contributed by atoms with van der Waals surface area (Å²) in [6.07, 6.45) is 1.91. The van der Waals surface area contributed by atoms with Crippen LogP contribution in [0.3, 0.4) is 0 Å². The fourth-order valence-corrected chi connectivity index (χ4v) is 3.79. The molecule has 1 amide bonds. The van der Waals surface area contributed by atoms with Gasteiger partial charge in [-0.2, -0.15) is 0 Å². The molecule has 29 heavy (non-hydrogen) atoms. The molecule has 1 N–H and O–H groups in total. The lowest BCUT2D eigenvalue weighted by atomic mass is 10.3. The minimum Gasteiger partial charge on any atom is -0.325 e. The van der Waals surface area contributed by atoms with Crippen LogP contribution in [0.5, 0.6) is 0 Å². The Morgan fingerprint density at radius 2 is 2.00 bits per heavy atom. The molecule has 2 aromatic heterocycles. The zero-order chi connectivity index (χ0) is 20.7. The Morgan fingerprint density at radius 3 is 2.69 bits per heavy atom. The molecule has 8 nitrogen and oxygen atoms in total. The van der Waals surface area contributed by atoms with Crippen LogP contribution < -0.4 is 16.6 Å². The molecule has 1 saturated carbocycles. The normalized spacial score (nSPS) is 13.6. The molecule has 3 aromatic rings. The van der Waals surface area contributed by atoms with Crippen LogP contribution >= 0.6 is 11.8 Å². The Kier molecular flexibility index (Phi) is 4.95. The van der Waals surface area contributed by atoms with E-state index in [1.54, 1.807) is 13.1 Å². The summed E-state index contributed by atoms with van der Waals surface area (Å²) in [6, 6.07) is 5.60. The first-order valence-electron chi connectivity index (χ1n) is 9.01. The standard InChI is InChI=1S/C19H18FN5O3S/c1-24-16-14(18(27)25(2)19(24)28)17(23-15(22-16)10-6-7-10)29-9-13(26)21-12-5-3-4-11(20)8-12/h3-5,8,10H,6-7,9H2,1-2H3,(H,21,26). The number of anilines is 1. The largest absolute Gasteiger partial charge is 0.332 e. The molecule has 0 atom stereocenters. The molecule has 1 aliphatic rings. The Morgan fingerprint density at radius 1 is 1.24 bits per heavy atom. The summed E-state index contributed by atoms with van der Waals surface area (Å²) >= 11 is 1.09. The number of rotatable bonds is 5. The molecule has 0 aliphatic heterocycles. The first-order valence-corrected chi connectivity index (χ1v) is 9.99. The Balaban J connectivity index is 1.68. The van der Waals surface area contributed by atoms with Crippen LogP contribution in [0, 0.1) is 5.82 Å². The maximum absolute atomic E-state index is 13.3. The third-order valence-corrected chi connectivity index (χ3v) is 5.65. The van der Waals surface area contributed by atoms with E-state index in [1.807, 2.05) is 0 Å². The lowest BCUT2D eigenvalue weighted by molar-refractivity contribution is -0.113. The molecule has 0 unspecified atom stereocenters. The first-order chi connectivity index (χ1) is 13.8. The van der Waals surface area contributed by atoms with Gasteiger partial charge in [0.05, 0.1) is 5.75 Å². The summed E-state index contributed by atoms with van der Waals surface area (Å²) in [5.74, 6) is -0.0517. The topological polar surface area (TPSA) is 98.9 Å². The van der Waals surface area contributed by atoms with Crippen LogP contribution in [0.2, 0.25) is 0 Å². The molecule has 2 heterocycles. The Labute approximate surface area is 168 Å². The smallest absolute Gasteiger partial charge is 0.325 e. The zero-order valence-electron chi connectivity index (χ0n) is 15.8. The second kappa shape index (κ2) is 7.43. The molecule has 4 rings (SSSR count). The van der Waals surface area contributed by atoms with Gasteiger partial charge in [0, 0.05) is 25.7 Å². The maximum atomic E-state index is 13.3. The number of carbonyl (C=O) groups excluding carboxylic acids is 1. The molecular weight excluding hydrogens is 397 g/mol. The van der Waals surface area contributed by atoms with Gasteiger partial charge in [-0.1, -0.05) is 17.8 Å². The van der Waals surface area contributed by atoms with Gasteiger partial charge in [-0.3, -0.25) is 18.7 Å². The van der Waals surface area contributed by atoms with E-state index in [4.69, 9.17) is 0 Å². The number of hydrogen-bond donors (Lipinski definition) is 1. The van der Waals surface area contributed by atoms with E-state index in [0.717, 1.165) is 29.2 Å². The van der Waals surface area contributed by atoms with Gasteiger partial charge >= 0.3 is 5.69 Å². The number of aromatic nitrogens is 4. The van der Waals surface area contributed by atoms with Crippen LogP contribution in [0.1, 0.15) is 24.6 Å². The van der Waals surface area contributed by atoms with Crippen molar-refractivity contribution in [3.05, 3.63) is 56.7 Å². The van der Waals surface area contributed by atoms with Crippen molar-refractivity contribution in [3.8, 4) is 0 Å². The molecule has 1 aromatic carbocycles. The lowest BCUT2D eigenvalue weighted by Gasteiger charge is -2.11. The average Bonchev–Trinajstić information content (AvgIpc) is 3.54. The summed E-state index contributed by atoms with van der Waals surface area (Å²) in [5.41, 5.74) is -0.357. The van der Waals surface area contributed by atoms with Crippen molar-refractivity contribution < 1.29 is 9.18 Å². The number of nitrogens with one attached hydrogen (secondary N) is 1. The fourth-order valence-electron chi connectivity index (χ4n) is 2.97. The number of fused-ring (bicyclic) bond motifs is 1. The third kappa shape index (κ3) is 3.80. The van der Waals surface area contributed by atoms with E-state index in [0.29, 0.717) is 16.5 Å². The van der Waals surface area contributed by atoms with Crippen molar-refractivity contribution in [3.63, 3.8) is 0 Å². The average molecular weight is 415 g/mol. The summed E-state index contributed by atoms with van der Waals surface area (Å²) in [6.45, 7) is 0. The Hall–Kier alpha value is -3.01. The van der Waals surface area contributed by atoms with Crippen molar-refractivity contribution in [1.29, 1.82) is 0 Å². The molecular formula is C19H18FN5O3S. The van der Waals surface area contributed by atoms with Gasteiger partial charge in [-0.05, 0) is 31.0 Å². The molecule has 0 bridgehead atoms. The number of benzene rings is 1. The second-order valence-corrected chi connectivity index (χ2v) is 7.88. The number of hydrogen-bond acceptors (Lipinski definition) is 6. The number of carbonyl (C=O) groups is 1. The van der Waals surface area contributed by atoms with Crippen molar-refractivity contribution in [1.82, 2.24) is 19.1 Å². The fraction of sp³-hybridized carbons (Fsp3) is 0.316. The highest BCUT2D eigenvalue weighted by Gasteiger charge is 2.29. The van der Waals surface area contributed by atoms with E-state index < -0.39 is 17.1 Å². The zero-order valence-corrected chi connectivity index (χ0v) is 16.6. The quantitative estimate of drug-likeness (QED) is 0.504. The van der Waals surface area contributed by atoms with Gasteiger partial charge < -0.3 is 5.32 Å². The molecule has 0 radical (unpaired) electrons. The van der Waals surface area contributed by atoms with E-state index in [1.165, 1.54) is 29.8 Å². The number of nitrogens with zero attached hydrogens (tertiary/aromatic N) is 4. The highest BCUT2D eigenvalue weighted by atomic mass is 32.2. The van der Waals surface area contributed by atoms with Gasteiger partial charge in [0.1, 0.15) is 22.1 Å². The van der Waals surface area contributed by atoms with Gasteiger partial charge in [0.2, 0.25) is 5.91 Å². The van der Waals surface area contributed by atoms with Gasteiger partial charge in [-0.25, -0.2) is 19.2 Å². The molecule has 150 valence electrons. The molecule has 0 saturated heterocycles. The third-order valence-electron chi connectivity index (χ3n) is 4.67. The summed E-state index contributed by atoms with van der Waals surface area (Å²) in [7, 11) is 2.95. The first kappa shape index (κ1) is 19.3. The summed E-state index contributed by atoms with van der Waals surface area (Å²) in [4.78, 5) is 46.2. The molecule has 1 aliphatic carbocycles. The number of aryl methyl sites for hydroxylation is 1. The van der Waals surface area contributed by atoms with Crippen molar-refractivity contribution in [2.45, 2.75) is 23.8 Å². The van der Waals surface area contributed by atoms with E-state index in [-0.39, 0.29) is 28.6 Å². The van der Waals surface area contributed by atoms with Crippen LogP contribution in [0.15, 0.2) is 38.9 Å². The van der Waals surface area contributed by atoms with Crippen LogP contribution in [0.25, 0.3) is 11.0 Å². The number of thioether (sulfide) groups is 1. The van der Waals surface area contributed by atoms with Gasteiger partial charge in [0.25, 0.3) is 5.56 Å². The van der Waals surface area contributed by atoms with Gasteiger partial charge in [0.15, 0.2) is 5.65 Å². The Bertz CT molecular complexity index is 1250. The number of amides is 1. The van der Waals surface area contributed by atoms with Crippen LogP contribution in [0.4, 0.5) is 10.1 Å². The van der Waals surface area contributed by atoms with Crippen molar-refractivity contribution in [2.75, 3.05) is 11.1 Å². The minimum atomic E-state index is -0.501. The molecule has 1 fully saturated rings. The van der Waals surface area contributed by atoms with Crippen molar-refractivity contribution in [2.24, 2.45) is 14.1 Å². The molecule has 10 heteroatoms. The predicted molar refractivity (Wildman–Crippen MR) is 108 cm³/mol. The van der Waals surface area contributed by atoms with E-state index in [9.17, 15) is 18.8 Å². The van der Waals surface area contributed by atoms with E-state index >= 15 is 0 Å². The predicted octanol–water partition coefficient (Wildman–Crippen LogP) is 1.77. The monoisotopic (exact) mass is 415 g/mol. The SMILES string of the molecule is Cn1c(=O)c2c(SCC(=O)Nc3cccc(F)c3)nc(C3CC3)nc2n(C)c1=O. The summed E-state index contributed by atoms with van der Waals surface area (Å²) in [5, 5.41) is 3.19. The highest BCUT2D eigenvalue weighted by Crippen LogP contribution is 2.39. The van der Waals surface area contributed by atoms with Crippen molar-refractivity contribution >= 4 is 34.4 Å². The second-order valence-electron chi connectivity index (χ2n) is 6.91. The van der Waals surface area contributed by atoms with E-state index in [2.05, 4.69) is 15.3 Å². The molecule has 0 spiro atoms. The van der Waals surface area contributed by atoms with Crippen LogP contribution in [-0.4, -0.2) is 30.8 Å².